The van der Waals surface area contributed by atoms with Crippen LogP contribution in [-0.2, 0) is 4.79 Å². The fourth-order valence-electron chi connectivity index (χ4n) is 1.74. The summed E-state index contributed by atoms with van der Waals surface area (Å²) in [4.78, 5) is 16.5. The summed E-state index contributed by atoms with van der Waals surface area (Å²) in [7, 11) is 0. The van der Waals surface area contributed by atoms with Crippen LogP contribution in [0.3, 0.4) is 0 Å². The topological polar surface area (TPSA) is 84.7 Å². The Hall–Kier alpha value is -1.72. The number of carbonyl (C=O) groups is 1. The first-order chi connectivity index (χ1) is 13.7. The van der Waals surface area contributed by atoms with Gasteiger partial charge in [-0.3, -0.25) is 9.79 Å². The van der Waals surface area contributed by atoms with Crippen LogP contribution in [0, 0.1) is 45.0 Å². The molecule has 0 radical (unpaired) electrons. The van der Waals surface area contributed by atoms with E-state index in [2.05, 4.69) is 38.1 Å². The summed E-state index contributed by atoms with van der Waals surface area (Å²) < 4.78 is 36.6. The van der Waals surface area contributed by atoms with Crippen molar-refractivity contribution in [3.05, 3.63) is 68.7 Å². The van der Waals surface area contributed by atoms with Gasteiger partial charge in [0.2, 0.25) is 0 Å². The Bertz CT molecular complexity index is 620. The van der Waals surface area contributed by atoms with E-state index in [9.17, 15) is 18.0 Å². The minimum absolute atomic E-state index is 0. The number of nitrogens with two attached hydrogens (primary N) is 2. The average Bonchev–Trinajstić information content (AvgIpc) is 2.69. The number of rotatable bonds is 7. The van der Waals surface area contributed by atoms with Crippen molar-refractivity contribution in [2.24, 2.45) is 16.5 Å². The fraction of sp³-hybridized carbons (Fsp3) is 0.333. The molecule has 9 heteroatoms. The Morgan fingerprint density at radius 3 is 2.13 bits per heavy atom. The van der Waals surface area contributed by atoms with Gasteiger partial charge in [0.15, 0.2) is 5.91 Å². The van der Waals surface area contributed by atoms with E-state index in [-0.39, 0.29) is 37.0 Å². The quantitative estimate of drug-likeness (QED) is 0.336. The van der Waals surface area contributed by atoms with Crippen LogP contribution in [0.1, 0.15) is 26.2 Å². The van der Waals surface area contributed by atoms with Crippen molar-refractivity contribution in [3.63, 3.8) is 0 Å². The molecule has 0 aliphatic heterocycles. The molecule has 1 aromatic rings. The first-order valence-electron chi connectivity index (χ1n) is 8.98. The summed E-state index contributed by atoms with van der Waals surface area (Å²) in [5.74, 6) is 0.105. The van der Waals surface area contributed by atoms with Crippen molar-refractivity contribution in [2.75, 3.05) is 13.1 Å². The number of carbonyl (C=O) groups excluding carboxylic acids is 1. The maximum atomic E-state index is 12.2. The number of para-hydroxylation sites is 1. The molecule has 166 valence electrons. The zero-order valence-corrected chi connectivity index (χ0v) is 21.5. The number of amides is 1. The number of hydrogen-bond donors (Lipinski definition) is 2. The van der Waals surface area contributed by atoms with Crippen molar-refractivity contribution < 1.29 is 49.1 Å². The minimum Gasteiger partial charge on any atom is -0.405 e. The van der Waals surface area contributed by atoms with Gasteiger partial charge >= 0.3 is 37.3 Å². The van der Waals surface area contributed by atoms with E-state index in [0.29, 0.717) is 31.1 Å². The van der Waals surface area contributed by atoms with Crippen molar-refractivity contribution >= 4 is 17.8 Å². The van der Waals surface area contributed by atoms with Crippen LogP contribution in [-0.4, -0.2) is 36.3 Å². The Kier molecular flexibility index (Phi) is 22.6. The second-order valence-corrected chi connectivity index (χ2v) is 5.43. The van der Waals surface area contributed by atoms with Gasteiger partial charge in [-0.15, -0.1) is 13.0 Å². The van der Waals surface area contributed by atoms with Crippen molar-refractivity contribution in [1.29, 1.82) is 0 Å². The molecular weight excluding hydrogens is 619 g/mol. The number of allylic oxidation sites excluding steroid dienone is 1. The average molecular weight is 651 g/mol. The standard InChI is InChI=1S/C10H9F3N2.C9H17NO.C2H5N.U/c11-10(12,13)8(6-14)7-15-9-4-2-1-3-5-9;1-4-7-8-10(6-3)9(11)5-2;1-2-3;/h1-7H,14H2;2-8H2,1H3;2H,1,3H2;/q;-2;;+2/b8-6-,15-7?;;;. The summed E-state index contributed by atoms with van der Waals surface area (Å²) in [6.07, 6.45) is 0.496. The number of benzene rings is 1. The molecule has 4 N–H and O–H groups in total. The van der Waals surface area contributed by atoms with Crippen LogP contribution < -0.4 is 11.5 Å². The van der Waals surface area contributed by atoms with Gasteiger partial charge in [0.1, 0.15) is 0 Å². The number of nitrogens with zero attached hydrogens (tertiary/aromatic N) is 2. The van der Waals surface area contributed by atoms with Crippen LogP contribution >= 0.6 is 0 Å². The monoisotopic (exact) mass is 650 g/mol. The van der Waals surface area contributed by atoms with E-state index in [1.165, 1.54) is 6.20 Å². The van der Waals surface area contributed by atoms with Gasteiger partial charge in [-0.1, -0.05) is 38.1 Å². The van der Waals surface area contributed by atoms with Gasteiger partial charge in [-0.2, -0.15) is 13.2 Å². The molecule has 0 atom stereocenters. The third kappa shape index (κ3) is 17.2. The Morgan fingerprint density at radius 2 is 1.77 bits per heavy atom. The van der Waals surface area contributed by atoms with Crippen LogP contribution in [0.15, 0.2) is 59.9 Å². The Balaban J connectivity index is -0.000000432. The Morgan fingerprint density at radius 1 is 1.23 bits per heavy atom. The van der Waals surface area contributed by atoms with E-state index in [4.69, 9.17) is 5.73 Å². The SMILES string of the molecule is C=CN.N/C=C(/C=Nc1ccccc1)C(F)(F)F.[CH2-]CC(=O)N(C[CH2-])CCCC.[U+2]. The van der Waals surface area contributed by atoms with E-state index in [1.54, 1.807) is 35.2 Å². The number of unbranched alkanes of at least 4 members (excludes halogenated alkanes) is 1. The van der Waals surface area contributed by atoms with Gasteiger partial charge in [0.25, 0.3) is 0 Å². The molecule has 5 nitrogen and oxygen atoms in total. The van der Waals surface area contributed by atoms with Gasteiger partial charge in [-0.25, -0.2) is 0 Å². The number of halogens is 3. The molecule has 0 unspecified atom stereocenters. The minimum atomic E-state index is -4.47. The van der Waals surface area contributed by atoms with Gasteiger partial charge < -0.3 is 30.2 Å². The molecule has 0 fully saturated rings. The van der Waals surface area contributed by atoms with E-state index in [0.717, 1.165) is 19.4 Å². The third-order valence-corrected chi connectivity index (χ3v) is 3.23. The summed E-state index contributed by atoms with van der Waals surface area (Å²) in [5, 5.41) is 0. The molecule has 0 saturated carbocycles. The summed E-state index contributed by atoms with van der Waals surface area (Å²) in [5.41, 5.74) is 8.94. The molecule has 0 saturated heterocycles. The van der Waals surface area contributed by atoms with Crippen LogP contribution in [0.2, 0.25) is 0 Å². The summed E-state index contributed by atoms with van der Waals surface area (Å²) >= 11 is 0. The first-order valence-corrected chi connectivity index (χ1v) is 8.98. The molecule has 30 heavy (non-hydrogen) atoms. The molecular formula is C21H31F3N4OU. The molecule has 1 amide bonds. The van der Waals surface area contributed by atoms with E-state index >= 15 is 0 Å². The molecule has 1 aromatic carbocycles. The zero-order chi connectivity index (χ0) is 22.7. The second kappa shape index (κ2) is 20.6. The number of hydrogen-bond acceptors (Lipinski definition) is 4. The van der Waals surface area contributed by atoms with Gasteiger partial charge in [0.05, 0.1) is 11.3 Å². The van der Waals surface area contributed by atoms with Crippen LogP contribution in [0.5, 0.6) is 0 Å². The van der Waals surface area contributed by atoms with Gasteiger partial charge in [0, 0.05) is 19.0 Å². The molecule has 0 aliphatic carbocycles. The smallest absolute Gasteiger partial charge is 0.405 e. The first kappa shape index (κ1) is 32.9. The third-order valence-electron chi connectivity index (χ3n) is 3.23. The fourth-order valence-corrected chi connectivity index (χ4v) is 1.74. The van der Waals surface area contributed by atoms with E-state index in [1.807, 2.05) is 0 Å². The van der Waals surface area contributed by atoms with Crippen LogP contribution in [0.25, 0.3) is 0 Å². The molecule has 1 rings (SSSR count). The molecule has 0 aromatic heterocycles. The number of aliphatic imine (C=N–C) groups is 1. The van der Waals surface area contributed by atoms with Crippen molar-refractivity contribution in [2.45, 2.75) is 32.4 Å². The van der Waals surface area contributed by atoms with Gasteiger partial charge in [-0.05, 0) is 24.8 Å². The predicted octanol–water partition coefficient (Wildman–Crippen LogP) is 4.56. The Labute approximate surface area is 201 Å². The maximum absolute atomic E-state index is 12.2. The number of alkyl halides is 3. The predicted molar refractivity (Wildman–Crippen MR) is 114 cm³/mol. The molecule has 0 aliphatic rings. The van der Waals surface area contributed by atoms with Crippen LogP contribution in [0.4, 0.5) is 18.9 Å². The second-order valence-electron chi connectivity index (χ2n) is 5.43. The molecule has 0 bridgehead atoms. The largest absolute Gasteiger partial charge is 2.00 e. The zero-order valence-electron chi connectivity index (χ0n) is 17.4. The molecule has 0 spiro atoms. The molecule has 0 heterocycles. The van der Waals surface area contributed by atoms with Crippen molar-refractivity contribution in [3.8, 4) is 0 Å². The summed E-state index contributed by atoms with van der Waals surface area (Å²) in [6.45, 7) is 13.9. The summed E-state index contributed by atoms with van der Waals surface area (Å²) in [6, 6.07) is 8.32. The van der Waals surface area contributed by atoms with Crippen molar-refractivity contribution in [1.82, 2.24) is 4.90 Å². The van der Waals surface area contributed by atoms with E-state index < -0.39 is 11.7 Å². The normalized spacial score (nSPS) is 10.7. The maximum Gasteiger partial charge on any atom is 2.00 e.